The maximum Gasteiger partial charge on any atom is 0.356 e. The van der Waals surface area contributed by atoms with Crippen molar-refractivity contribution in [3.05, 3.63) is 64.3 Å². The Morgan fingerprint density at radius 2 is 2.04 bits per heavy atom. The second kappa shape index (κ2) is 7.70. The number of hydrogen-bond acceptors (Lipinski definition) is 4. The third-order valence-electron chi connectivity index (χ3n) is 3.85. The number of nitrogens with one attached hydrogen (secondary N) is 1. The van der Waals surface area contributed by atoms with Crippen LogP contribution in [0.4, 0.5) is 10.2 Å². The Kier molecular flexibility index (Phi) is 5.36. The van der Waals surface area contributed by atoms with Crippen LogP contribution >= 0.6 is 15.9 Å². The van der Waals surface area contributed by atoms with Gasteiger partial charge in [-0.05, 0) is 35.0 Å². The van der Waals surface area contributed by atoms with Crippen molar-refractivity contribution < 1.29 is 19.1 Å². The zero-order chi connectivity index (χ0) is 19.6. The monoisotopic (exact) mass is 435 g/mol. The van der Waals surface area contributed by atoms with Gasteiger partial charge in [0.25, 0.3) is 0 Å². The number of carboxylic acid groups (broad SMARTS) is 1. The summed E-state index contributed by atoms with van der Waals surface area (Å²) in [6, 6.07) is 6.93. The zero-order valence-corrected chi connectivity index (χ0v) is 15.7. The fourth-order valence-electron chi connectivity index (χ4n) is 2.37. The van der Waals surface area contributed by atoms with E-state index in [-0.39, 0.29) is 23.9 Å². The molecule has 0 aliphatic carbocycles. The van der Waals surface area contributed by atoms with Crippen molar-refractivity contribution in [1.82, 2.24) is 19.6 Å². The molecule has 2 aromatic heterocycles. The van der Waals surface area contributed by atoms with Gasteiger partial charge in [-0.25, -0.2) is 9.18 Å². The van der Waals surface area contributed by atoms with Gasteiger partial charge in [-0.3, -0.25) is 14.2 Å². The second-order valence-corrected chi connectivity index (χ2v) is 6.62. The van der Waals surface area contributed by atoms with Crippen LogP contribution in [0.5, 0.6) is 0 Å². The number of aromatic nitrogens is 4. The van der Waals surface area contributed by atoms with E-state index in [4.69, 9.17) is 5.11 Å². The Labute approximate surface area is 161 Å². The van der Waals surface area contributed by atoms with Gasteiger partial charge in [-0.15, -0.1) is 0 Å². The minimum atomic E-state index is -1.17. The molecule has 0 saturated heterocycles. The van der Waals surface area contributed by atoms with E-state index in [1.54, 1.807) is 31.3 Å². The molecule has 0 saturated carbocycles. The summed E-state index contributed by atoms with van der Waals surface area (Å²) < 4.78 is 17.1. The smallest absolute Gasteiger partial charge is 0.356 e. The Hall–Kier alpha value is -3.01. The van der Waals surface area contributed by atoms with Gasteiger partial charge in [0.2, 0.25) is 5.91 Å². The highest BCUT2D eigenvalue weighted by molar-refractivity contribution is 9.10. The molecule has 1 amide bonds. The van der Waals surface area contributed by atoms with Crippen molar-refractivity contribution in [3.63, 3.8) is 0 Å². The van der Waals surface area contributed by atoms with E-state index in [2.05, 4.69) is 31.4 Å². The normalized spacial score (nSPS) is 12.0. The Morgan fingerprint density at radius 3 is 2.70 bits per heavy atom. The molecule has 2 heterocycles. The van der Waals surface area contributed by atoms with E-state index in [0.29, 0.717) is 10.0 Å². The predicted octanol–water partition coefficient (Wildman–Crippen LogP) is 2.93. The first-order chi connectivity index (χ1) is 12.8. The number of hydrogen-bond donors (Lipinski definition) is 2. The van der Waals surface area contributed by atoms with Gasteiger partial charge in [-0.2, -0.15) is 10.2 Å². The van der Waals surface area contributed by atoms with Crippen LogP contribution in [0, 0.1) is 5.82 Å². The molecule has 0 aliphatic heterocycles. The van der Waals surface area contributed by atoms with Gasteiger partial charge in [-0.1, -0.05) is 18.2 Å². The van der Waals surface area contributed by atoms with Crippen molar-refractivity contribution in [2.75, 3.05) is 5.32 Å². The highest BCUT2D eigenvalue weighted by Crippen LogP contribution is 2.22. The molecule has 0 aliphatic rings. The summed E-state index contributed by atoms with van der Waals surface area (Å²) >= 11 is 3.31. The Balaban J connectivity index is 1.71. The lowest BCUT2D eigenvalue weighted by Gasteiger charge is -2.11. The summed E-state index contributed by atoms with van der Waals surface area (Å²) in [5.41, 5.74) is 0.321. The first-order valence-corrected chi connectivity index (χ1v) is 8.70. The van der Waals surface area contributed by atoms with Crippen LogP contribution in [0.1, 0.15) is 29.0 Å². The number of amides is 1. The molecule has 140 valence electrons. The largest absolute Gasteiger partial charge is 0.476 e. The summed E-state index contributed by atoms with van der Waals surface area (Å²) in [6.07, 6.45) is 3.04. The predicted molar refractivity (Wildman–Crippen MR) is 98.0 cm³/mol. The average Bonchev–Trinajstić information content (AvgIpc) is 3.24. The number of carboxylic acids is 1. The molecule has 3 aromatic rings. The lowest BCUT2D eigenvalue weighted by atomic mass is 10.2. The van der Waals surface area contributed by atoms with E-state index in [1.807, 2.05) is 0 Å². The van der Waals surface area contributed by atoms with Gasteiger partial charge in [0, 0.05) is 18.0 Å². The minimum absolute atomic E-state index is 0.148. The molecule has 1 unspecified atom stereocenters. The molecule has 10 heteroatoms. The van der Waals surface area contributed by atoms with Crippen LogP contribution in [0.15, 0.2) is 47.2 Å². The topological polar surface area (TPSA) is 102 Å². The van der Waals surface area contributed by atoms with Crippen LogP contribution in [0.3, 0.4) is 0 Å². The Morgan fingerprint density at radius 1 is 1.30 bits per heavy atom. The number of aromatic carboxylic acids is 1. The van der Waals surface area contributed by atoms with Crippen LogP contribution in [-0.2, 0) is 11.3 Å². The highest BCUT2D eigenvalue weighted by Gasteiger charge is 2.20. The SMILES string of the molecule is CC(C(=O)Nc1nn(Cc2ccccc2F)cc1Br)n1ccc(C(=O)O)n1. The first kappa shape index (κ1) is 18.8. The number of carbonyl (C=O) groups excluding carboxylic acids is 1. The van der Waals surface area contributed by atoms with E-state index >= 15 is 0 Å². The fourth-order valence-corrected chi connectivity index (χ4v) is 2.79. The molecule has 3 rings (SSSR count). The molecule has 2 N–H and O–H groups in total. The second-order valence-electron chi connectivity index (χ2n) is 5.77. The van der Waals surface area contributed by atoms with E-state index in [9.17, 15) is 14.0 Å². The van der Waals surface area contributed by atoms with Gasteiger partial charge < -0.3 is 10.4 Å². The summed E-state index contributed by atoms with van der Waals surface area (Å²) in [6.45, 7) is 1.79. The summed E-state index contributed by atoms with van der Waals surface area (Å²) in [4.78, 5) is 23.3. The van der Waals surface area contributed by atoms with Gasteiger partial charge in [0.1, 0.15) is 11.9 Å². The Bertz CT molecular complexity index is 1000. The lowest BCUT2D eigenvalue weighted by Crippen LogP contribution is -2.24. The van der Waals surface area contributed by atoms with Gasteiger partial charge in [0.05, 0.1) is 11.0 Å². The minimum Gasteiger partial charge on any atom is -0.476 e. The van der Waals surface area contributed by atoms with Crippen molar-refractivity contribution in [2.24, 2.45) is 0 Å². The third kappa shape index (κ3) is 4.22. The van der Waals surface area contributed by atoms with Crippen LogP contribution < -0.4 is 5.32 Å². The quantitative estimate of drug-likeness (QED) is 0.619. The fraction of sp³-hybridized carbons (Fsp3) is 0.176. The van der Waals surface area contributed by atoms with Crippen LogP contribution in [0.25, 0.3) is 0 Å². The van der Waals surface area contributed by atoms with Gasteiger partial charge in [0.15, 0.2) is 11.5 Å². The molecule has 0 spiro atoms. The molecule has 8 nitrogen and oxygen atoms in total. The number of benzene rings is 1. The summed E-state index contributed by atoms with van der Waals surface area (Å²) in [5, 5.41) is 19.6. The number of carbonyl (C=O) groups is 2. The van der Waals surface area contributed by atoms with E-state index in [1.165, 1.54) is 27.7 Å². The lowest BCUT2D eigenvalue weighted by molar-refractivity contribution is -0.119. The first-order valence-electron chi connectivity index (χ1n) is 7.91. The molecule has 0 radical (unpaired) electrons. The van der Waals surface area contributed by atoms with Crippen molar-refractivity contribution in [1.29, 1.82) is 0 Å². The molecular weight excluding hydrogens is 421 g/mol. The zero-order valence-electron chi connectivity index (χ0n) is 14.1. The molecule has 27 heavy (non-hydrogen) atoms. The molecule has 1 aromatic carbocycles. The number of nitrogens with zero attached hydrogens (tertiary/aromatic N) is 4. The number of anilines is 1. The van der Waals surface area contributed by atoms with Crippen molar-refractivity contribution in [2.45, 2.75) is 19.5 Å². The molecule has 0 bridgehead atoms. The molecule has 0 fully saturated rings. The van der Waals surface area contributed by atoms with Gasteiger partial charge >= 0.3 is 5.97 Å². The van der Waals surface area contributed by atoms with Crippen LogP contribution in [-0.4, -0.2) is 36.5 Å². The van der Waals surface area contributed by atoms with Crippen molar-refractivity contribution in [3.8, 4) is 0 Å². The van der Waals surface area contributed by atoms with E-state index in [0.717, 1.165) is 0 Å². The standard InChI is InChI=1S/C17H15BrFN5O3/c1-10(24-7-6-14(21-24)17(26)27)16(25)20-15-12(18)9-23(22-15)8-11-4-2-3-5-13(11)19/h2-7,9-10H,8H2,1H3,(H,26,27)(H,20,22,25). The molecule has 1 atom stereocenters. The number of halogens is 2. The third-order valence-corrected chi connectivity index (χ3v) is 4.43. The number of rotatable bonds is 6. The maximum absolute atomic E-state index is 13.8. The van der Waals surface area contributed by atoms with Crippen molar-refractivity contribution >= 4 is 33.6 Å². The highest BCUT2D eigenvalue weighted by atomic mass is 79.9. The maximum atomic E-state index is 13.8. The molecular formula is C17H15BrFN5O3. The van der Waals surface area contributed by atoms with E-state index < -0.39 is 17.9 Å². The summed E-state index contributed by atoms with van der Waals surface area (Å²) in [7, 11) is 0. The average molecular weight is 436 g/mol. The van der Waals surface area contributed by atoms with Crippen LogP contribution in [0.2, 0.25) is 0 Å². The summed E-state index contributed by atoms with van der Waals surface area (Å²) in [5.74, 6) is -1.66.